The van der Waals surface area contributed by atoms with Gasteiger partial charge in [0.2, 0.25) is 0 Å². The summed E-state index contributed by atoms with van der Waals surface area (Å²) in [4.78, 5) is 0. The fourth-order valence-electron chi connectivity index (χ4n) is 2.92. The van der Waals surface area contributed by atoms with Crippen molar-refractivity contribution in [2.24, 2.45) is 5.92 Å². The summed E-state index contributed by atoms with van der Waals surface area (Å²) >= 11 is 0. The summed E-state index contributed by atoms with van der Waals surface area (Å²) in [6.07, 6.45) is 11.1. The molecule has 0 saturated heterocycles. The van der Waals surface area contributed by atoms with Crippen LogP contribution >= 0.6 is 0 Å². The molecule has 2 rings (SSSR count). The second-order valence-electron chi connectivity index (χ2n) is 5.38. The van der Waals surface area contributed by atoms with Gasteiger partial charge >= 0.3 is 0 Å². The summed E-state index contributed by atoms with van der Waals surface area (Å²) in [7, 11) is 1.86. The molecule has 88 valence electrons. The van der Waals surface area contributed by atoms with Crippen molar-refractivity contribution in [3.8, 4) is 0 Å². The van der Waals surface area contributed by atoms with Crippen molar-refractivity contribution in [3.05, 3.63) is 0 Å². The van der Waals surface area contributed by atoms with Crippen molar-refractivity contribution in [2.75, 3.05) is 20.2 Å². The smallest absolute Gasteiger partial charge is 0.0802 e. The molecule has 0 aromatic carbocycles. The fourth-order valence-corrected chi connectivity index (χ4v) is 2.92. The van der Waals surface area contributed by atoms with Crippen LogP contribution < -0.4 is 5.32 Å². The zero-order chi connectivity index (χ0) is 10.6. The first-order valence-electron chi connectivity index (χ1n) is 6.60. The first-order chi connectivity index (χ1) is 7.35. The van der Waals surface area contributed by atoms with Crippen LogP contribution in [0.1, 0.15) is 51.4 Å². The normalized spacial score (nSPS) is 26.2. The number of hydrogen-bond donors (Lipinski definition) is 1. The first kappa shape index (κ1) is 11.4. The maximum atomic E-state index is 5.60. The van der Waals surface area contributed by atoms with Crippen LogP contribution in [0.5, 0.6) is 0 Å². The number of hydrogen-bond acceptors (Lipinski definition) is 2. The zero-order valence-electron chi connectivity index (χ0n) is 10.1. The van der Waals surface area contributed by atoms with Gasteiger partial charge < -0.3 is 10.1 Å². The fraction of sp³-hybridized carbons (Fsp3) is 1.00. The lowest BCUT2D eigenvalue weighted by Gasteiger charge is -2.41. The van der Waals surface area contributed by atoms with Gasteiger partial charge in [0.1, 0.15) is 0 Å². The Kier molecular flexibility index (Phi) is 4.04. The molecule has 2 heteroatoms. The highest BCUT2D eigenvalue weighted by Crippen LogP contribution is 2.34. The van der Waals surface area contributed by atoms with E-state index in [2.05, 4.69) is 5.32 Å². The van der Waals surface area contributed by atoms with Crippen LogP contribution in [0.2, 0.25) is 0 Å². The molecule has 0 radical (unpaired) electrons. The van der Waals surface area contributed by atoms with Crippen LogP contribution in [0.3, 0.4) is 0 Å². The van der Waals surface area contributed by atoms with E-state index in [9.17, 15) is 0 Å². The van der Waals surface area contributed by atoms with Gasteiger partial charge in [-0.25, -0.2) is 0 Å². The number of methoxy groups -OCH3 is 1. The highest BCUT2D eigenvalue weighted by molar-refractivity contribution is 4.91. The minimum Gasteiger partial charge on any atom is -0.377 e. The van der Waals surface area contributed by atoms with E-state index in [1.54, 1.807) is 0 Å². The predicted octanol–water partition coefficient (Wildman–Crippen LogP) is 2.73. The van der Waals surface area contributed by atoms with Gasteiger partial charge in [0.25, 0.3) is 0 Å². The van der Waals surface area contributed by atoms with E-state index < -0.39 is 0 Å². The summed E-state index contributed by atoms with van der Waals surface area (Å²) in [6, 6.07) is 0. The standard InChI is InChI=1S/C13H25NO/c1-15-13(8-5-9-13)11-14-10-12-6-3-2-4-7-12/h12,14H,2-11H2,1H3. The summed E-state index contributed by atoms with van der Waals surface area (Å²) < 4.78 is 5.60. The number of nitrogens with one attached hydrogen (secondary N) is 1. The van der Waals surface area contributed by atoms with Gasteiger partial charge in [-0.05, 0) is 44.6 Å². The summed E-state index contributed by atoms with van der Waals surface area (Å²) in [5, 5.41) is 3.62. The summed E-state index contributed by atoms with van der Waals surface area (Å²) in [5.41, 5.74) is 0.203. The van der Waals surface area contributed by atoms with Gasteiger partial charge in [-0.2, -0.15) is 0 Å². The van der Waals surface area contributed by atoms with E-state index in [1.165, 1.54) is 57.9 Å². The molecule has 15 heavy (non-hydrogen) atoms. The van der Waals surface area contributed by atoms with Crippen molar-refractivity contribution in [1.82, 2.24) is 5.32 Å². The van der Waals surface area contributed by atoms with Crippen molar-refractivity contribution in [3.63, 3.8) is 0 Å². The van der Waals surface area contributed by atoms with Crippen LogP contribution in [-0.4, -0.2) is 25.8 Å². The Bertz CT molecular complexity index is 177. The average Bonchev–Trinajstić information content (AvgIpc) is 2.24. The molecule has 0 aromatic heterocycles. The minimum atomic E-state index is 0.203. The van der Waals surface area contributed by atoms with Crippen LogP contribution in [0.25, 0.3) is 0 Å². The Labute approximate surface area is 93.8 Å². The number of ether oxygens (including phenoxy) is 1. The first-order valence-corrected chi connectivity index (χ1v) is 6.60. The van der Waals surface area contributed by atoms with Crippen molar-refractivity contribution in [1.29, 1.82) is 0 Å². The molecular weight excluding hydrogens is 186 g/mol. The van der Waals surface area contributed by atoms with Crippen molar-refractivity contribution < 1.29 is 4.74 Å². The predicted molar refractivity (Wildman–Crippen MR) is 63.0 cm³/mol. The largest absolute Gasteiger partial charge is 0.377 e. The highest BCUT2D eigenvalue weighted by Gasteiger charge is 2.36. The molecule has 2 aliphatic rings. The third-order valence-corrected chi connectivity index (χ3v) is 4.30. The quantitative estimate of drug-likeness (QED) is 0.755. The maximum absolute atomic E-state index is 5.60. The Morgan fingerprint density at radius 1 is 1.13 bits per heavy atom. The molecule has 2 fully saturated rings. The zero-order valence-corrected chi connectivity index (χ0v) is 10.1. The van der Waals surface area contributed by atoms with E-state index in [-0.39, 0.29) is 5.60 Å². The lowest BCUT2D eigenvalue weighted by molar-refractivity contribution is -0.0698. The second-order valence-corrected chi connectivity index (χ2v) is 5.38. The van der Waals surface area contributed by atoms with E-state index in [4.69, 9.17) is 4.74 Å². The van der Waals surface area contributed by atoms with Gasteiger partial charge in [0.05, 0.1) is 5.60 Å². The molecule has 1 N–H and O–H groups in total. The van der Waals surface area contributed by atoms with E-state index in [0.717, 1.165) is 12.5 Å². The molecule has 0 atom stereocenters. The number of rotatable bonds is 5. The SMILES string of the molecule is COC1(CNCC2CCCCC2)CCC1. The van der Waals surface area contributed by atoms with Gasteiger partial charge in [-0.15, -0.1) is 0 Å². The van der Waals surface area contributed by atoms with Crippen LogP contribution in [0.15, 0.2) is 0 Å². The van der Waals surface area contributed by atoms with Gasteiger partial charge in [-0.3, -0.25) is 0 Å². The van der Waals surface area contributed by atoms with Gasteiger partial charge in [0, 0.05) is 13.7 Å². The molecule has 0 heterocycles. The molecule has 0 unspecified atom stereocenters. The summed E-state index contributed by atoms with van der Waals surface area (Å²) in [5.74, 6) is 0.938. The topological polar surface area (TPSA) is 21.3 Å². The van der Waals surface area contributed by atoms with E-state index in [1.807, 2.05) is 7.11 Å². The van der Waals surface area contributed by atoms with E-state index >= 15 is 0 Å². The van der Waals surface area contributed by atoms with Crippen molar-refractivity contribution >= 4 is 0 Å². The average molecular weight is 211 g/mol. The van der Waals surface area contributed by atoms with Crippen LogP contribution in [-0.2, 0) is 4.74 Å². The van der Waals surface area contributed by atoms with Crippen molar-refractivity contribution in [2.45, 2.75) is 57.0 Å². The van der Waals surface area contributed by atoms with Gasteiger partial charge in [-0.1, -0.05) is 19.3 Å². The third-order valence-electron chi connectivity index (χ3n) is 4.30. The third kappa shape index (κ3) is 2.94. The molecule has 0 bridgehead atoms. The molecule has 0 amide bonds. The molecule has 2 aliphatic carbocycles. The molecular formula is C13H25NO. The minimum absolute atomic E-state index is 0.203. The maximum Gasteiger partial charge on any atom is 0.0802 e. The second kappa shape index (κ2) is 5.31. The Hall–Kier alpha value is -0.0800. The van der Waals surface area contributed by atoms with Crippen LogP contribution in [0.4, 0.5) is 0 Å². The van der Waals surface area contributed by atoms with E-state index in [0.29, 0.717) is 0 Å². The van der Waals surface area contributed by atoms with Gasteiger partial charge in [0.15, 0.2) is 0 Å². The molecule has 0 aromatic rings. The Morgan fingerprint density at radius 3 is 2.40 bits per heavy atom. The molecule has 2 saturated carbocycles. The molecule has 0 spiro atoms. The Morgan fingerprint density at radius 2 is 1.87 bits per heavy atom. The van der Waals surface area contributed by atoms with Crippen LogP contribution in [0, 0.1) is 5.92 Å². The lowest BCUT2D eigenvalue weighted by atomic mass is 9.79. The molecule has 0 aliphatic heterocycles. The highest BCUT2D eigenvalue weighted by atomic mass is 16.5. The molecule has 2 nitrogen and oxygen atoms in total. The lowest BCUT2D eigenvalue weighted by Crippen LogP contribution is -2.48. The monoisotopic (exact) mass is 211 g/mol. The summed E-state index contributed by atoms with van der Waals surface area (Å²) in [6.45, 7) is 2.28. The Balaban J connectivity index is 1.61.